The Morgan fingerprint density at radius 2 is 2.64 bits per heavy atom. The molecule has 0 aliphatic carbocycles. The lowest BCUT2D eigenvalue weighted by molar-refractivity contribution is -0.116. The number of anilines is 1. The summed E-state index contributed by atoms with van der Waals surface area (Å²) in [7, 11) is 0. The topological polar surface area (TPSA) is 81.8 Å². The van der Waals surface area contributed by atoms with Gasteiger partial charge in [-0.05, 0) is 6.42 Å². The average molecular weight is 195 g/mol. The molecule has 1 aliphatic rings. The molecule has 76 valence electrons. The van der Waals surface area contributed by atoms with Crippen LogP contribution in [0.25, 0.3) is 0 Å². The minimum atomic E-state index is -0.0267. The Kier molecular flexibility index (Phi) is 2.76. The molecule has 1 saturated heterocycles. The lowest BCUT2D eigenvalue weighted by Crippen LogP contribution is -2.33. The van der Waals surface area contributed by atoms with E-state index in [0.29, 0.717) is 12.4 Å². The van der Waals surface area contributed by atoms with Gasteiger partial charge in [0.05, 0.1) is 0 Å². The Morgan fingerprint density at radius 3 is 3.29 bits per heavy atom. The van der Waals surface area contributed by atoms with Gasteiger partial charge in [-0.2, -0.15) is 0 Å². The van der Waals surface area contributed by atoms with Crippen molar-refractivity contribution in [1.29, 1.82) is 0 Å². The molecule has 6 heteroatoms. The Morgan fingerprint density at radius 1 is 1.71 bits per heavy atom. The molecule has 0 radical (unpaired) electrons. The zero-order valence-electron chi connectivity index (χ0n) is 7.71. The highest BCUT2D eigenvalue weighted by Crippen LogP contribution is 2.03. The first-order valence-electron chi connectivity index (χ1n) is 4.62. The van der Waals surface area contributed by atoms with Crippen LogP contribution in [0.5, 0.6) is 0 Å². The fourth-order valence-electron chi connectivity index (χ4n) is 1.43. The van der Waals surface area contributed by atoms with Gasteiger partial charge in [-0.25, -0.2) is 4.98 Å². The molecule has 2 heterocycles. The molecule has 1 atom stereocenters. The third-order valence-corrected chi connectivity index (χ3v) is 2.11. The molecular weight excluding hydrogens is 182 g/mol. The van der Waals surface area contributed by atoms with Gasteiger partial charge < -0.3 is 4.98 Å². The number of rotatable bonds is 3. The third-order valence-electron chi connectivity index (χ3n) is 2.11. The highest BCUT2D eigenvalue weighted by molar-refractivity contribution is 5.89. The van der Waals surface area contributed by atoms with Crippen LogP contribution >= 0.6 is 0 Å². The lowest BCUT2D eigenvalue weighted by atomic mass is 10.1. The number of aromatic amines is 1. The number of hydrogen-bond donors (Lipinski definition) is 4. The van der Waals surface area contributed by atoms with Crippen molar-refractivity contribution in [2.75, 3.05) is 11.9 Å². The van der Waals surface area contributed by atoms with E-state index >= 15 is 0 Å². The predicted molar refractivity (Wildman–Crippen MR) is 51.4 cm³/mol. The summed E-state index contributed by atoms with van der Waals surface area (Å²) in [4.78, 5) is 18.1. The second-order valence-corrected chi connectivity index (χ2v) is 3.25. The number of carbonyl (C=O) groups is 1. The molecule has 6 nitrogen and oxygen atoms in total. The van der Waals surface area contributed by atoms with E-state index < -0.39 is 0 Å². The van der Waals surface area contributed by atoms with Crippen LogP contribution in [0, 0.1) is 0 Å². The van der Waals surface area contributed by atoms with Crippen LogP contribution in [0.15, 0.2) is 12.4 Å². The Bertz CT molecular complexity index is 291. The van der Waals surface area contributed by atoms with Gasteiger partial charge in [0.25, 0.3) is 0 Å². The standard InChI is InChI=1S/C8H13N5O/c14-7(5-6-1-2-11-13-6)12-8-9-3-4-10-8/h3-4,6,11,13H,1-2,5H2,(H2,9,10,12,14). The Labute approximate surface area is 81.5 Å². The van der Waals surface area contributed by atoms with Crippen molar-refractivity contribution in [3.05, 3.63) is 12.4 Å². The maximum Gasteiger partial charge on any atom is 0.228 e. The van der Waals surface area contributed by atoms with Crippen LogP contribution < -0.4 is 16.2 Å². The van der Waals surface area contributed by atoms with E-state index in [1.54, 1.807) is 12.4 Å². The number of imidazole rings is 1. The Balaban J connectivity index is 1.78. The molecule has 4 N–H and O–H groups in total. The third kappa shape index (κ3) is 2.30. The van der Waals surface area contributed by atoms with E-state index in [9.17, 15) is 4.79 Å². The first kappa shape index (κ1) is 9.17. The van der Waals surface area contributed by atoms with E-state index in [1.807, 2.05) is 0 Å². The monoisotopic (exact) mass is 195 g/mol. The number of nitrogens with zero attached hydrogens (tertiary/aromatic N) is 1. The number of hydrogen-bond acceptors (Lipinski definition) is 4. The van der Waals surface area contributed by atoms with Crippen LogP contribution in [-0.2, 0) is 4.79 Å². The molecule has 0 bridgehead atoms. The van der Waals surface area contributed by atoms with Crippen molar-refractivity contribution in [1.82, 2.24) is 20.8 Å². The number of H-pyrrole nitrogens is 1. The first-order valence-corrected chi connectivity index (χ1v) is 4.62. The molecule has 1 aromatic rings. The van der Waals surface area contributed by atoms with E-state index in [-0.39, 0.29) is 11.9 Å². The summed E-state index contributed by atoms with van der Waals surface area (Å²) < 4.78 is 0. The maximum absolute atomic E-state index is 11.4. The summed E-state index contributed by atoms with van der Waals surface area (Å²) in [5, 5.41) is 2.68. The van der Waals surface area contributed by atoms with Gasteiger partial charge in [0, 0.05) is 31.4 Å². The SMILES string of the molecule is O=C(CC1CCNN1)Nc1ncc[nH]1. The molecule has 2 rings (SSSR count). The van der Waals surface area contributed by atoms with Crippen LogP contribution in [0.1, 0.15) is 12.8 Å². The summed E-state index contributed by atoms with van der Waals surface area (Å²) in [5.41, 5.74) is 6.01. The zero-order chi connectivity index (χ0) is 9.80. The van der Waals surface area contributed by atoms with Crippen molar-refractivity contribution in [3.63, 3.8) is 0 Å². The quantitative estimate of drug-likeness (QED) is 0.529. The average Bonchev–Trinajstić information content (AvgIpc) is 2.76. The maximum atomic E-state index is 11.4. The van der Waals surface area contributed by atoms with Crippen LogP contribution in [0.2, 0.25) is 0 Å². The Hall–Kier alpha value is -1.40. The zero-order valence-corrected chi connectivity index (χ0v) is 7.71. The van der Waals surface area contributed by atoms with Crippen LogP contribution in [0.4, 0.5) is 5.95 Å². The molecule has 1 aliphatic heterocycles. The molecule has 1 fully saturated rings. The van der Waals surface area contributed by atoms with Crippen molar-refractivity contribution >= 4 is 11.9 Å². The second-order valence-electron chi connectivity index (χ2n) is 3.25. The molecule has 0 aromatic carbocycles. The predicted octanol–water partition coefficient (Wildman–Crippen LogP) is -0.395. The van der Waals surface area contributed by atoms with E-state index in [0.717, 1.165) is 13.0 Å². The molecular formula is C8H13N5O. The summed E-state index contributed by atoms with van der Waals surface area (Å²) in [6, 6.07) is 0.227. The minimum Gasteiger partial charge on any atom is -0.331 e. The molecule has 0 saturated carbocycles. The van der Waals surface area contributed by atoms with Gasteiger partial charge in [0.1, 0.15) is 0 Å². The van der Waals surface area contributed by atoms with Gasteiger partial charge in [-0.3, -0.25) is 21.0 Å². The summed E-state index contributed by atoms with van der Waals surface area (Å²) >= 11 is 0. The van der Waals surface area contributed by atoms with Crippen molar-refractivity contribution in [2.45, 2.75) is 18.9 Å². The van der Waals surface area contributed by atoms with Gasteiger partial charge >= 0.3 is 0 Å². The number of aromatic nitrogens is 2. The summed E-state index contributed by atoms with van der Waals surface area (Å²) in [6.45, 7) is 0.915. The van der Waals surface area contributed by atoms with Gasteiger partial charge in [-0.15, -0.1) is 0 Å². The van der Waals surface area contributed by atoms with Crippen molar-refractivity contribution in [3.8, 4) is 0 Å². The minimum absolute atomic E-state index is 0.0267. The lowest BCUT2D eigenvalue weighted by Gasteiger charge is -2.07. The number of amides is 1. The molecule has 1 amide bonds. The number of hydrazine groups is 1. The van der Waals surface area contributed by atoms with Crippen molar-refractivity contribution < 1.29 is 4.79 Å². The molecule has 14 heavy (non-hydrogen) atoms. The van der Waals surface area contributed by atoms with E-state index in [4.69, 9.17) is 0 Å². The highest BCUT2D eigenvalue weighted by atomic mass is 16.1. The fourth-order valence-corrected chi connectivity index (χ4v) is 1.43. The molecule has 0 spiro atoms. The smallest absolute Gasteiger partial charge is 0.228 e. The normalized spacial score (nSPS) is 21.0. The van der Waals surface area contributed by atoms with E-state index in [2.05, 4.69) is 26.1 Å². The van der Waals surface area contributed by atoms with Crippen LogP contribution in [0.3, 0.4) is 0 Å². The number of carbonyl (C=O) groups excluding carboxylic acids is 1. The first-order chi connectivity index (χ1) is 6.84. The van der Waals surface area contributed by atoms with Gasteiger partial charge in [-0.1, -0.05) is 0 Å². The van der Waals surface area contributed by atoms with Crippen LogP contribution in [-0.4, -0.2) is 28.5 Å². The van der Waals surface area contributed by atoms with Crippen molar-refractivity contribution in [2.24, 2.45) is 0 Å². The highest BCUT2D eigenvalue weighted by Gasteiger charge is 2.17. The van der Waals surface area contributed by atoms with E-state index in [1.165, 1.54) is 0 Å². The van der Waals surface area contributed by atoms with Gasteiger partial charge in [0.15, 0.2) is 0 Å². The second kappa shape index (κ2) is 4.21. The summed E-state index contributed by atoms with van der Waals surface area (Å²) in [5.74, 6) is 0.474. The fraction of sp³-hybridized carbons (Fsp3) is 0.500. The summed E-state index contributed by atoms with van der Waals surface area (Å²) in [6.07, 6.45) is 4.72. The largest absolute Gasteiger partial charge is 0.331 e. The van der Waals surface area contributed by atoms with Gasteiger partial charge in [0.2, 0.25) is 11.9 Å². The number of nitrogens with one attached hydrogen (secondary N) is 4. The molecule has 1 unspecified atom stereocenters. The molecule has 1 aromatic heterocycles.